The molecule has 168 valence electrons. The molecule has 3 rings (SSSR count). The zero-order valence-electron chi connectivity index (χ0n) is 16.0. The van der Waals surface area contributed by atoms with Gasteiger partial charge in [0.15, 0.2) is 5.54 Å². The molecule has 0 saturated heterocycles. The van der Waals surface area contributed by atoms with Gasteiger partial charge in [-0.2, -0.15) is 8.78 Å². The van der Waals surface area contributed by atoms with Crippen LogP contribution in [0.4, 0.5) is 22.0 Å². The molecule has 0 bridgehead atoms. The van der Waals surface area contributed by atoms with E-state index in [-0.39, 0.29) is 5.75 Å². The number of hydroxylamine groups is 1. The molecule has 0 aromatic heterocycles. The number of para-hydroxylation sites is 1. The molecule has 0 heterocycles. The van der Waals surface area contributed by atoms with Crippen molar-refractivity contribution >= 4 is 14.1 Å². The zero-order chi connectivity index (χ0) is 22.9. The van der Waals surface area contributed by atoms with Crippen molar-refractivity contribution in [1.29, 1.82) is 0 Å². The summed E-state index contributed by atoms with van der Waals surface area (Å²) in [5.41, 5.74) is -1.98. The Morgan fingerprint density at radius 1 is 1.03 bits per heavy atom. The van der Waals surface area contributed by atoms with Gasteiger partial charge in [-0.05, 0) is 42.6 Å². The van der Waals surface area contributed by atoms with Gasteiger partial charge in [0.1, 0.15) is 5.75 Å². The van der Waals surface area contributed by atoms with Crippen LogP contribution in [0.1, 0.15) is 26.2 Å². The summed E-state index contributed by atoms with van der Waals surface area (Å²) in [6, 6.07) is 7.45. The lowest BCUT2D eigenvalue weighted by Crippen LogP contribution is -2.57. The molecule has 1 aliphatic carbocycles. The van der Waals surface area contributed by atoms with Gasteiger partial charge in [0.25, 0.3) is 0 Å². The Labute approximate surface area is 174 Å². The maximum Gasteiger partial charge on any atom is 0.341 e. The fourth-order valence-electron chi connectivity index (χ4n) is 3.11. The van der Waals surface area contributed by atoms with Gasteiger partial charge < -0.3 is 14.5 Å². The van der Waals surface area contributed by atoms with E-state index in [1.807, 2.05) is 0 Å². The molecule has 0 radical (unpaired) electrons. The molecule has 6 nitrogen and oxygen atoms in total. The summed E-state index contributed by atoms with van der Waals surface area (Å²) in [5.74, 6) is -15.5. The van der Waals surface area contributed by atoms with Crippen LogP contribution >= 0.6 is 8.18 Å². The predicted octanol–water partition coefficient (Wildman–Crippen LogP) is 5.09. The first-order chi connectivity index (χ1) is 14.6. The molecular weight excluding hydrogens is 448 g/mol. The van der Waals surface area contributed by atoms with Crippen molar-refractivity contribution in [3.63, 3.8) is 0 Å². The van der Waals surface area contributed by atoms with Crippen LogP contribution in [0, 0.1) is 35.0 Å². The quantitative estimate of drug-likeness (QED) is 0.193. The molecule has 0 spiro atoms. The van der Waals surface area contributed by atoms with E-state index in [9.17, 15) is 36.4 Å². The van der Waals surface area contributed by atoms with Crippen LogP contribution in [0.2, 0.25) is 0 Å². The first-order valence-corrected chi connectivity index (χ1v) is 10.3. The third-order valence-electron chi connectivity index (χ3n) is 5.22. The number of benzene rings is 2. The van der Waals surface area contributed by atoms with Gasteiger partial charge in [-0.3, -0.25) is 9.36 Å². The van der Waals surface area contributed by atoms with Crippen LogP contribution in [0.25, 0.3) is 0 Å². The van der Waals surface area contributed by atoms with Gasteiger partial charge in [0.2, 0.25) is 34.8 Å². The Hall–Kier alpha value is -2.65. The van der Waals surface area contributed by atoms with Crippen molar-refractivity contribution < 1.29 is 45.8 Å². The number of carboxylic acid groups (broad SMARTS) is 1. The monoisotopic (exact) mass is 465 g/mol. The van der Waals surface area contributed by atoms with Crippen molar-refractivity contribution in [2.45, 2.75) is 31.7 Å². The molecule has 0 aliphatic heterocycles. The summed E-state index contributed by atoms with van der Waals surface area (Å²) in [5, 5.41) is 9.85. The second kappa shape index (κ2) is 8.84. The lowest BCUT2D eigenvalue weighted by atomic mass is 9.72. The fourth-order valence-corrected chi connectivity index (χ4v) is 4.38. The third-order valence-corrected chi connectivity index (χ3v) is 6.49. The van der Waals surface area contributed by atoms with E-state index in [0.29, 0.717) is 24.1 Å². The summed E-state index contributed by atoms with van der Waals surface area (Å²) in [6.07, 6.45) is 1.54. The molecular formula is C19H17F5NO5P. The van der Waals surface area contributed by atoms with E-state index in [2.05, 4.69) is 4.52 Å². The average Bonchev–Trinajstić information content (AvgIpc) is 2.71. The number of carbonyl (C=O) groups is 1. The molecule has 1 fully saturated rings. The van der Waals surface area contributed by atoms with E-state index >= 15 is 0 Å². The number of aliphatic carboxylic acids is 1. The van der Waals surface area contributed by atoms with Crippen molar-refractivity contribution in [3.8, 4) is 11.5 Å². The Kier molecular flexibility index (Phi) is 6.56. The zero-order valence-corrected chi connectivity index (χ0v) is 17.0. The van der Waals surface area contributed by atoms with E-state index in [0.717, 1.165) is 0 Å². The molecule has 2 atom stereocenters. The highest BCUT2D eigenvalue weighted by Crippen LogP contribution is 2.48. The topological polar surface area (TPSA) is 76.1 Å². The normalized spacial score (nSPS) is 17.0. The summed E-state index contributed by atoms with van der Waals surface area (Å²) < 4.78 is 85.8. The molecule has 2 aromatic rings. The standard InChI is InChI=1S/C19H17F5NO5P/c1-19(18(26)27,10-6-5-7-10)25(29-11-8-3-2-4-9-11)31(28)30-17-15(23)13(21)12(20)14(22)16(17)24/h2-4,8-10,31H,5-7H2,1H3,(H,26,27). The number of hydrogen-bond acceptors (Lipinski definition) is 4. The minimum Gasteiger partial charge on any atom is -0.480 e. The maximum absolute atomic E-state index is 14.0. The minimum absolute atomic E-state index is 0.0219. The first kappa shape index (κ1) is 23.0. The Morgan fingerprint density at radius 3 is 2.00 bits per heavy atom. The highest BCUT2D eigenvalue weighted by Gasteiger charge is 2.53. The molecule has 2 aromatic carbocycles. The van der Waals surface area contributed by atoms with E-state index in [4.69, 9.17) is 4.84 Å². The highest BCUT2D eigenvalue weighted by molar-refractivity contribution is 7.36. The summed E-state index contributed by atoms with van der Waals surface area (Å²) >= 11 is 0. The summed E-state index contributed by atoms with van der Waals surface area (Å²) in [7, 11) is -4.05. The number of halogens is 5. The van der Waals surface area contributed by atoms with Crippen LogP contribution in [-0.4, -0.2) is 21.4 Å². The van der Waals surface area contributed by atoms with E-state index in [1.54, 1.807) is 6.07 Å². The van der Waals surface area contributed by atoms with Gasteiger partial charge >= 0.3 is 14.1 Å². The number of rotatable bonds is 8. The van der Waals surface area contributed by atoms with E-state index < -0.39 is 60.4 Å². The average molecular weight is 465 g/mol. The van der Waals surface area contributed by atoms with Crippen LogP contribution in [0.3, 0.4) is 0 Å². The predicted molar refractivity (Wildman–Crippen MR) is 98.2 cm³/mol. The fraction of sp³-hybridized carbons (Fsp3) is 0.316. The van der Waals surface area contributed by atoms with Gasteiger partial charge in [-0.1, -0.05) is 24.6 Å². The Bertz CT molecular complexity index is 991. The lowest BCUT2D eigenvalue weighted by Gasteiger charge is -2.44. The summed E-state index contributed by atoms with van der Waals surface area (Å²) in [6.45, 7) is 1.19. The van der Waals surface area contributed by atoms with Gasteiger partial charge in [-0.25, -0.2) is 13.2 Å². The van der Waals surface area contributed by atoms with Gasteiger partial charge in [-0.15, -0.1) is 0 Å². The molecule has 12 heteroatoms. The van der Waals surface area contributed by atoms with Crippen molar-refractivity contribution in [3.05, 3.63) is 59.4 Å². The molecule has 1 N–H and O–H groups in total. The second-order valence-corrected chi connectivity index (χ2v) is 8.19. The third kappa shape index (κ3) is 4.12. The van der Waals surface area contributed by atoms with E-state index in [1.165, 1.54) is 31.2 Å². The SMILES string of the molecule is CC(C(=O)O)(C1CCC1)N(Oc1ccccc1)[PH](=O)Oc1c(F)c(F)c(F)c(F)c1F. The maximum atomic E-state index is 14.0. The molecule has 2 unspecified atom stereocenters. The molecule has 0 amide bonds. The first-order valence-electron chi connectivity index (χ1n) is 9.08. The molecule has 1 saturated carbocycles. The molecule has 1 aliphatic rings. The van der Waals surface area contributed by atoms with Crippen molar-refractivity contribution in [2.24, 2.45) is 5.92 Å². The van der Waals surface area contributed by atoms with Gasteiger partial charge in [0, 0.05) is 0 Å². The van der Waals surface area contributed by atoms with Crippen LogP contribution in [0.15, 0.2) is 30.3 Å². The van der Waals surface area contributed by atoms with Crippen LogP contribution < -0.4 is 9.36 Å². The highest BCUT2D eigenvalue weighted by atomic mass is 31.1. The number of hydrogen-bond donors (Lipinski definition) is 1. The number of carboxylic acids is 1. The molecule has 31 heavy (non-hydrogen) atoms. The summed E-state index contributed by atoms with van der Waals surface area (Å²) in [4.78, 5) is 18.0. The van der Waals surface area contributed by atoms with Crippen LogP contribution in [-0.2, 0) is 9.36 Å². The largest absolute Gasteiger partial charge is 0.480 e. The Morgan fingerprint density at radius 2 is 1.55 bits per heavy atom. The number of nitrogens with zero attached hydrogens (tertiary/aromatic N) is 1. The minimum atomic E-state index is -4.05. The smallest absolute Gasteiger partial charge is 0.341 e. The van der Waals surface area contributed by atoms with Gasteiger partial charge in [0.05, 0.1) is 0 Å². The van der Waals surface area contributed by atoms with Crippen molar-refractivity contribution in [2.75, 3.05) is 0 Å². The van der Waals surface area contributed by atoms with Crippen molar-refractivity contribution in [1.82, 2.24) is 4.83 Å². The lowest BCUT2D eigenvalue weighted by molar-refractivity contribution is -0.172. The Balaban J connectivity index is 2.04. The second-order valence-electron chi connectivity index (χ2n) is 7.05. The van der Waals surface area contributed by atoms with Crippen LogP contribution in [0.5, 0.6) is 11.5 Å².